The lowest BCUT2D eigenvalue weighted by Gasteiger charge is -2.21. The quantitative estimate of drug-likeness (QED) is 0.0169. The molecular weight excluding hydrogens is 1380 g/mol. The summed E-state index contributed by atoms with van der Waals surface area (Å²) < 4.78 is 68.5. The molecule has 17 nitrogen and oxygen atoms in total. The number of phosphoric acid groups is 2. The van der Waals surface area contributed by atoms with Gasteiger partial charge in [0, 0.05) is 25.7 Å². The maximum absolute atomic E-state index is 13.1. The average Bonchev–Trinajstić information content (AvgIpc) is 0.907. The number of aliphatic hydroxyl groups excluding tert-OH is 1. The van der Waals surface area contributed by atoms with Gasteiger partial charge in [-0.1, -0.05) is 274 Å². The summed E-state index contributed by atoms with van der Waals surface area (Å²) in [6, 6.07) is 0. The van der Waals surface area contributed by atoms with Crippen molar-refractivity contribution >= 4 is 39.5 Å². The van der Waals surface area contributed by atoms with Crippen molar-refractivity contribution in [2.24, 2.45) is 0 Å². The molecule has 0 amide bonds. The Morgan fingerprint density at radius 3 is 0.821 bits per heavy atom. The molecule has 600 valence electrons. The van der Waals surface area contributed by atoms with Gasteiger partial charge < -0.3 is 33.8 Å². The minimum absolute atomic E-state index is 0.0231. The van der Waals surface area contributed by atoms with Gasteiger partial charge in [-0.05, 0) is 167 Å². The zero-order chi connectivity index (χ0) is 77.4. The number of hydrogen-bond donors (Lipinski definition) is 3. The molecule has 5 atom stereocenters. The lowest BCUT2D eigenvalue weighted by atomic mass is 10.1. The van der Waals surface area contributed by atoms with Gasteiger partial charge in [0.25, 0.3) is 0 Å². The average molecular weight is 1520 g/mol. The number of phosphoric ester groups is 2. The van der Waals surface area contributed by atoms with Crippen LogP contribution in [0.3, 0.4) is 0 Å². The Morgan fingerprint density at radius 2 is 0.509 bits per heavy atom. The van der Waals surface area contributed by atoms with E-state index in [-0.39, 0.29) is 25.7 Å². The van der Waals surface area contributed by atoms with E-state index >= 15 is 0 Å². The predicted molar refractivity (Wildman–Crippen MR) is 436 cm³/mol. The van der Waals surface area contributed by atoms with Gasteiger partial charge in [0.2, 0.25) is 0 Å². The Morgan fingerprint density at radius 1 is 0.274 bits per heavy atom. The summed E-state index contributed by atoms with van der Waals surface area (Å²) in [5.41, 5.74) is 0. The molecule has 0 aromatic rings. The standard InChI is InChI=1S/C87H140O17P2/c1-5-9-13-17-21-25-29-33-36-39-40-43-45-49-52-56-60-64-68-72-85(90)98-78-83(104-87(92)74-70-66-62-58-54-50-46-42-38-35-31-27-23-19-15-11-7-3)80-102-106(95,96)100-76-81(88)75-99-105(93,94)101-79-82(103-86(91)73-69-65-61-57-53-47-32-28-24-20-16-12-8-4)77-97-84(89)71-67-63-59-55-51-48-44-41-37-34-30-26-22-18-14-10-6-2/h9-11,13-15,21-23,25-28,32-38,40,43-44,46,48-50,52,60,64,81-83,88H,5-8,12,16-20,24,29-31,39,41-42,45,47,51,53-59,61-63,65-80H2,1-4H3,(H,93,94)(H,95,96)/b13-9-,14-10-,15-11-,25-21-,26-22-,27-23-,32-28-,36-33-,37-34-,38-35-,43-40-,48-44-,50-46-,52-49-,64-60-. The molecule has 0 rings (SSSR count). The number of unbranched alkanes of at least 4 members (excludes halogenated alkanes) is 17. The Labute approximate surface area is 641 Å². The lowest BCUT2D eigenvalue weighted by molar-refractivity contribution is -0.161. The number of aliphatic hydroxyl groups is 1. The molecule has 0 aromatic carbocycles. The SMILES string of the molecule is CC/C=C\C/C=C\C/C=C\C/C=C\C/C=C\C/C=C\CCC(=O)OCC(COP(=O)(O)OCC(O)COP(=O)(O)OCC(COC(=O)CCCCCC/C=C\C/C=C\C/C=C\C/C=C\CC)OC(=O)CCCCCCC/C=C\CCCCCC)OC(=O)CCCCCC/C=C\C/C=C\C/C=C\C/C=C\CC. The highest BCUT2D eigenvalue weighted by Gasteiger charge is 2.30. The first-order valence-electron chi connectivity index (χ1n) is 40.0. The second kappa shape index (κ2) is 77.3. The summed E-state index contributed by atoms with van der Waals surface area (Å²) in [4.78, 5) is 73.0. The van der Waals surface area contributed by atoms with Gasteiger partial charge in [0.05, 0.1) is 26.4 Å². The second-order valence-electron chi connectivity index (χ2n) is 25.9. The predicted octanol–water partition coefficient (Wildman–Crippen LogP) is 23.6. The molecule has 0 aliphatic carbocycles. The minimum atomic E-state index is -5.01. The third kappa shape index (κ3) is 76.4. The number of carbonyl (C=O) groups is 4. The molecule has 0 spiro atoms. The molecule has 19 heteroatoms. The number of ether oxygens (including phenoxy) is 4. The fourth-order valence-electron chi connectivity index (χ4n) is 9.87. The monoisotopic (exact) mass is 1520 g/mol. The van der Waals surface area contributed by atoms with E-state index in [1.807, 2.05) is 18.2 Å². The van der Waals surface area contributed by atoms with Gasteiger partial charge in [-0.3, -0.25) is 37.3 Å². The van der Waals surface area contributed by atoms with Crippen molar-refractivity contribution in [3.8, 4) is 0 Å². The van der Waals surface area contributed by atoms with Crippen molar-refractivity contribution < 1.29 is 80.2 Å². The molecule has 0 bridgehead atoms. The van der Waals surface area contributed by atoms with Crippen LogP contribution in [0.2, 0.25) is 0 Å². The number of allylic oxidation sites excluding steroid dienone is 30. The summed E-state index contributed by atoms with van der Waals surface area (Å²) in [7, 11) is -10.0. The highest BCUT2D eigenvalue weighted by Crippen LogP contribution is 2.45. The normalized spacial score (nSPS) is 14.8. The van der Waals surface area contributed by atoms with Crippen molar-refractivity contribution in [3.05, 3.63) is 182 Å². The molecule has 0 aromatic heterocycles. The fourth-order valence-corrected chi connectivity index (χ4v) is 11.4. The first-order valence-corrected chi connectivity index (χ1v) is 43.0. The highest BCUT2D eigenvalue weighted by atomic mass is 31.2. The van der Waals surface area contributed by atoms with Crippen LogP contribution >= 0.6 is 15.6 Å². The van der Waals surface area contributed by atoms with E-state index in [1.54, 1.807) is 0 Å². The van der Waals surface area contributed by atoms with Crippen LogP contribution in [0.15, 0.2) is 182 Å². The molecule has 0 aliphatic heterocycles. The van der Waals surface area contributed by atoms with Gasteiger partial charge in [-0.15, -0.1) is 0 Å². The van der Waals surface area contributed by atoms with Crippen molar-refractivity contribution in [2.45, 2.75) is 303 Å². The number of esters is 4. The van der Waals surface area contributed by atoms with Crippen LogP contribution in [-0.2, 0) is 65.4 Å². The third-order valence-electron chi connectivity index (χ3n) is 15.9. The first-order chi connectivity index (χ1) is 51.7. The molecule has 0 heterocycles. The van der Waals surface area contributed by atoms with E-state index in [9.17, 15) is 43.2 Å². The largest absolute Gasteiger partial charge is 0.472 e. The van der Waals surface area contributed by atoms with E-state index < -0.39 is 97.5 Å². The van der Waals surface area contributed by atoms with Crippen molar-refractivity contribution in [2.75, 3.05) is 39.6 Å². The molecule has 5 unspecified atom stereocenters. The van der Waals surface area contributed by atoms with E-state index in [4.69, 9.17) is 37.0 Å². The highest BCUT2D eigenvalue weighted by molar-refractivity contribution is 7.47. The van der Waals surface area contributed by atoms with Crippen LogP contribution in [0.1, 0.15) is 285 Å². The molecule has 0 fully saturated rings. The van der Waals surface area contributed by atoms with Crippen LogP contribution in [0.5, 0.6) is 0 Å². The van der Waals surface area contributed by atoms with Crippen LogP contribution in [-0.4, -0.2) is 96.7 Å². The fraction of sp³-hybridized carbons (Fsp3) is 0.609. The molecule has 0 saturated carbocycles. The van der Waals surface area contributed by atoms with Crippen LogP contribution < -0.4 is 0 Å². The summed E-state index contributed by atoms with van der Waals surface area (Å²) in [5.74, 6) is -2.35. The Bertz CT molecular complexity index is 2730. The van der Waals surface area contributed by atoms with Crippen LogP contribution in [0.25, 0.3) is 0 Å². The Balaban J connectivity index is 5.49. The van der Waals surface area contributed by atoms with Crippen molar-refractivity contribution in [3.63, 3.8) is 0 Å². The lowest BCUT2D eigenvalue weighted by Crippen LogP contribution is -2.30. The smallest absolute Gasteiger partial charge is 0.462 e. The van der Waals surface area contributed by atoms with E-state index in [2.05, 4.69) is 192 Å². The van der Waals surface area contributed by atoms with E-state index in [1.165, 1.54) is 25.7 Å². The Hall–Kier alpha value is -5.84. The summed E-state index contributed by atoms with van der Waals surface area (Å²) in [6.45, 7) is 4.35. The topological polar surface area (TPSA) is 237 Å². The van der Waals surface area contributed by atoms with Gasteiger partial charge in [0.1, 0.15) is 19.3 Å². The van der Waals surface area contributed by atoms with E-state index in [0.717, 1.165) is 173 Å². The van der Waals surface area contributed by atoms with Crippen molar-refractivity contribution in [1.29, 1.82) is 0 Å². The van der Waals surface area contributed by atoms with E-state index in [0.29, 0.717) is 32.1 Å². The maximum atomic E-state index is 13.1. The van der Waals surface area contributed by atoms with Crippen LogP contribution in [0.4, 0.5) is 0 Å². The molecule has 0 aliphatic rings. The third-order valence-corrected chi connectivity index (χ3v) is 17.8. The summed E-state index contributed by atoms with van der Waals surface area (Å²) in [5, 5.41) is 10.6. The zero-order valence-electron chi connectivity index (χ0n) is 65.5. The molecular formula is C87H140O17P2. The zero-order valence-corrected chi connectivity index (χ0v) is 67.3. The number of rotatable bonds is 73. The van der Waals surface area contributed by atoms with Crippen molar-refractivity contribution in [1.82, 2.24) is 0 Å². The van der Waals surface area contributed by atoms with Crippen LogP contribution in [0, 0.1) is 0 Å². The minimum Gasteiger partial charge on any atom is -0.462 e. The first kappa shape index (κ1) is 100. The summed E-state index contributed by atoms with van der Waals surface area (Å²) in [6.07, 6.45) is 93.1. The molecule has 0 saturated heterocycles. The number of carbonyl (C=O) groups excluding carboxylic acids is 4. The van der Waals surface area contributed by atoms with Gasteiger partial charge in [0.15, 0.2) is 12.2 Å². The molecule has 0 radical (unpaired) electrons. The molecule has 106 heavy (non-hydrogen) atoms. The van der Waals surface area contributed by atoms with Gasteiger partial charge in [-0.25, -0.2) is 9.13 Å². The Kier molecular flexibility index (Phi) is 73.1. The van der Waals surface area contributed by atoms with Gasteiger partial charge >= 0.3 is 39.5 Å². The van der Waals surface area contributed by atoms with Gasteiger partial charge in [-0.2, -0.15) is 0 Å². The molecule has 3 N–H and O–H groups in total. The summed E-state index contributed by atoms with van der Waals surface area (Å²) >= 11 is 0. The maximum Gasteiger partial charge on any atom is 0.472 e. The number of hydrogen-bond acceptors (Lipinski definition) is 15. The second-order valence-corrected chi connectivity index (χ2v) is 28.8.